The maximum atomic E-state index is 2.23. The zero-order valence-electron chi connectivity index (χ0n) is 24.8. The Hall–Kier alpha value is -3.56. The minimum atomic E-state index is -0.446. The van der Waals surface area contributed by atoms with Crippen LogP contribution in [-0.2, 0) is 19.5 Å². The molecular weight excluding hydrogens is 691 g/mol. The maximum Gasteiger partial charge on any atom is 2.00 e. The van der Waals surface area contributed by atoms with E-state index in [1.165, 1.54) is 31.8 Å². The fourth-order valence-electron chi connectivity index (χ4n) is 4.68. The van der Waals surface area contributed by atoms with Crippen LogP contribution >= 0.6 is 15.8 Å². The van der Waals surface area contributed by atoms with Gasteiger partial charge in [0.1, 0.15) is 0 Å². The second-order valence-corrected chi connectivity index (χ2v) is 14.1. The van der Waals surface area contributed by atoms with Gasteiger partial charge in [0.2, 0.25) is 0 Å². The van der Waals surface area contributed by atoms with Gasteiger partial charge in [0.15, 0.2) is 0 Å². The van der Waals surface area contributed by atoms with E-state index in [2.05, 4.69) is 182 Å². The molecule has 7 rings (SSSR count). The summed E-state index contributed by atoms with van der Waals surface area (Å²) >= 11 is 0. The molecule has 0 bridgehead atoms. The van der Waals surface area contributed by atoms with Crippen molar-refractivity contribution in [2.24, 2.45) is 0 Å². The summed E-state index contributed by atoms with van der Waals surface area (Å²) in [4.78, 5) is 0. The Morgan fingerprint density at radius 3 is 0.578 bits per heavy atom. The molecule has 0 nitrogen and oxygen atoms in total. The molecule has 0 amide bonds. The van der Waals surface area contributed by atoms with E-state index in [-0.39, 0.29) is 31.9 Å². The average Bonchev–Trinajstić information content (AvgIpc) is 3.69. The van der Waals surface area contributed by atoms with Crippen LogP contribution in [0.3, 0.4) is 0 Å². The van der Waals surface area contributed by atoms with Gasteiger partial charge < -0.3 is 12.4 Å². The van der Waals surface area contributed by atoms with E-state index in [1.807, 2.05) is 30.3 Å². The molecule has 0 fully saturated rings. The molecule has 7 aromatic rings. The molecule has 0 radical (unpaired) electrons. The first kappa shape index (κ1) is 35.9. The molecule has 0 aliphatic heterocycles. The largest absolute Gasteiger partial charge is 2.00 e. The Morgan fingerprint density at radius 2 is 0.444 bits per heavy atom. The van der Waals surface area contributed by atoms with Gasteiger partial charge in [0, 0.05) is 0 Å². The van der Waals surface area contributed by atoms with Crippen LogP contribution in [0, 0.1) is 0 Å². The zero-order chi connectivity index (χ0) is 29.4. The van der Waals surface area contributed by atoms with Crippen molar-refractivity contribution < 1.29 is 31.9 Å². The van der Waals surface area contributed by atoms with Crippen LogP contribution in [0.2, 0.25) is 0 Å². The van der Waals surface area contributed by atoms with E-state index in [1.54, 1.807) is 0 Å². The fraction of sp³-hybridized carbons (Fsp3) is 0. The first-order valence-electron chi connectivity index (χ1n) is 14.5. The van der Waals surface area contributed by atoms with Crippen LogP contribution in [0.25, 0.3) is 0 Å². The maximum absolute atomic E-state index is 2.23. The van der Waals surface area contributed by atoms with E-state index in [9.17, 15) is 0 Å². The van der Waals surface area contributed by atoms with Gasteiger partial charge in [0.25, 0.3) is 0 Å². The smallest absolute Gasteiger partial charge is 1.00 e. The summed E-state index contributed by atoms with van der Waals surface area (Å²) < 4.78 is 0. The Bertz CT molecular complexity index is 1360. The quantitative estimate of drug-likeness (QED) is 0.124. The van der Waals surface area contributed by atoms with Crippen molar-refractivity contribution in [3.8, 4) is 0 Å². The average molecular weight is 726 g/mol. The third-order valence-electron chi connectivity index (χ3n) is 6.64. The minimum absolute atomic E-state index is 0. The van der Waals surface area contributed by atoms with Gasteiger partial charge in [0.05, 0.1) is 0 Å². The third-order valence-corrected chi connectivity index (χ3v) is 11.5. The molecule has 0 aromatic heterocycles. The number of benzene rings is 6. The molecule has 0 saturated heterocycles. The number of hydrogen-bond donors (Lipinski definition) is 0. The minimum Gasteiger partial charge on any atom is -1.00 e. The van der Waals surface area contributed by atoms with Gasteiger partial charge >= 0.3 is 19.5 Å². The molecule has 45 heavy (non-hydrogen) atoms. The summed E-state index contributed by atoms with van der Waals surface area (Å²) in [6, 6.07) is 74.7. The van der Waals surface area contributed by atoms with Crippen molar-refractivity contribution in [1.29, 1.82) is 0 Å². The van der Waals surface area contributed by atoms with E-state index in [0.29, 0.717) is 0 Å². The van der Waals surface area contributed by atoms with Gasteiger partial charge in [-0.15, -0.1) is 0 Å². The molecule has 0 N–H and O–H groups in total. The summed E-state index contributed by atoms with van der Waals surface area (Å²) in [5.41, 5.74) is 0. The fourth-order valence-corrected chi connectivity index (χ4v) is 9.29. The van der Waals surface area contributed by atoms with Gasteiger partial charge in [-0.05, 0) is 47.7 Å². The molecule has 0 aliphatic carbocycles. The predicted molar refractivity (Wildman–Crippen MR) is 192 cm³/mol. The van der Waals surface area contributed by atoms with Crippen LogP contribution in [-0.4, -0.2) is 0 Å². The molecule has 0 spiro atoms. The van der Waals surface area contributed by atoms with Crippen LogP contribution in [0.1, 0.15) is 0 Å². The normalized spacial score (nSPS) is 9.82. The van der Waals surface area contributed by atoms with Crippen molar-refractivity contribution >= 4 is 47.7 Å². The molecule has 7 aromatic carbocycles. The van der Waals surface area contributed by atoms with E-state index in [0.717, 1.165) is 0 Å². The molecule has 0 heterocycles. The van der Waals surface area contributed by atoms with E-state index >= 15 is 0 Å². The molecule has 0 unspecified atom stereocenters. The summed E-state index contributed by atoms with van der Waals surface area (Å²) in [6.45, 7) is 0. The summed E-state index contributed by atoms with van der Waals surface area (Å²) in [5, 5.41) is 8.39. The standard InChI is InChI=1S/2C18H15P.C5H5.ClH.Ru/c2*1-4-10-16(11-5-1)19(17-12-6-2-7-13-17)18-14-8-3-9-15-18;1-2-4-5-3-1;;/h2*1-15H;1-5H;1H;/q;;-1;;+2/p-1. The SMILES string of the molecule is [Cl-].[Ru+2].c1cc[cH-]c1.c1ccc(P(c2ccccc2)c2ccccc2)cc1.c1ccc(P(c2ccccc2)c2ccccc2)cc1. The summed E-state index contributed by atoms with van der Waals surface area (Å²) in [6.07, 6.45) is 0. The van der Waals surface area contributed by atoms with Crippen molar-refractivity contribution in [3.05, 3.63) is 212 Å². The van der Waals surface area contributed by atoms with Crippen LogP contribution < -0.4 is 44.2 Å². The van der Waals surface area contributed by atoms with Crippen molar-refractivity contribution in [2.75, 3.05) is 0 Å². The number of hydrogen-bond acceptors (Lipinski definition) is 0. The van der Waals surface area contributed by atoms with Crippen molar-refractivity contribution in [2.45, 2.75) is 0 Å². The van der Waals surface area contributed by atoms with Crippen molar-refractivity contribution in [1.82, 2.24) is 0 Å². The van der Waals surface area contributed by atoms with Gasteiger partial charge in [-0.3, -0.25) is 0 Å². The molecular formula is C41H35ClP2Ru. The van der Waals surface area contributed by atoms with E-state index in [4.69, 9.17) is 0 Å². The summed E-state index contributed by atoms with van der Waals surface area (Å²) in [5.74, 6) is 0. The second-order valence-electron chi connectivity index (χ2n) is 9.65. The first-order valence-corrected chi connectivity index (χ1v) is 17.2. The number of halogens is 1. The van der Waals surface area contributed by atoms with Crippen LogP contribution in [0.15, 0.2) is 212 Å². The Kier molecular flexibility index (Phi) is 16.3. The molecule has 0 atom stereocenters. The first-order chi connectivity index (χ1) is 21.4. The Labute approximate surface area is 290 Å². The van der Waals surface area contributed by atoms with Crippen molar-refractivity contribution in [3.63, 3.8) is 0 Å². The topological polar surface area (TPSA) is 0 Å². The summed E-state index contributed by atoms with van der Waals surface area (Å²) in [7, 11) is -0.892. The third kappa shape index (κ3) is 11.1. The van der Waals surface area contributed by atoms with Gasteiger partial charge in [-0.2, -0.15) is 18.2 Å². The molecule has 0 saturated carbocycles. The van der Waals surface area contributed by atoms with Gasteiger partial charge in [-0.1, -0.05) is 182 Å². The monoisotopic (exact) mass is 726 g/mol. The zero-order valence-corrected chi connectivity index (χ0v) is 29.1. The molecule has 0 aliphatic rings. The molecule has 224 valence electrons. The van der Waals surface area contributed by atoms with E-state index < -0.39 is 15.8 Å². The van der Waals surface area contributed by atoms with Crippen LogP contribution in [0.5, 0.6) is 0 Å². The Morgan fingerprint density at radius 1 is 0.267 bits per heavy atom. The second kappa shape index (κ2) is 20.5. The molecule has 4 heteroatoms. The Balaban J connectivity index is 0.000000204. The number of rotatable bonds is 6. The van der Waals surface area contributed by atoms with Gasteiger partial charge in [-0.25, -0.2) is 12.1 Å². The predicted octanol–water partition coefficient (Wildman–Crippen LogP) is 5.30. The van der Waals surface area contributed by atoms with Crippen LogP contribution in [0.4, 0.5) is 0 Å².